The van der Waals surface area contributed by atoms with E-state index in [0.29, 0.717) is 11.1 Å². The maximum absolute atomic E-state index is 13.3. The average Bonchev–Trinajstić information content (AvgIpc) is 3.22. The van der Waals surface area contributed by atoms with Crippen molar-refractivity contribution in [1.82, 2.24) is 10.4 Å². The second kappa shape index (κ2) is 7.85. The fraction of sp³-hybridized carbons (Fsp3) is 0.154. The van der Waals surface area contributed by atoms with Gasteiger partial charge in [0, 0.05) is 10.9 Å². The number of fused-ring (bicyclic) bond motifs is 3. The molecule has 31 heavy (non-hydrogen) atoms. The van der Waals surface area contributed by atoms with Crippen molar-refractivity contribution >= 4 is 22.5 Å². The Morgan fingerprint density at radius 3 is 2.16 bits per heavy atom. The fourth-order valence-corrected chi connectivity index (χ4v) is 4.36. The van der Waals surface area contributed by atoms with Crippen LogP contribution in [0.2, 0.25) is 0 Å². The van der Waals surface area contributed by atoms with E-state index in [-0.39, 0.29) is 0 Å². The predicted octanol–water partition coefficient (Wildman–Crippen LogP) is 4.26. The van der Waals surface area contributed by atoms with Crippen LogP contribution < -0.4 is 5.43 Å². The number of benzene rings is 3. The topological polar surface area (TPSA) is 77.5 Å². The molecule has 5 rings (SSSR count). The van der Waals surface area contributed by atoms with Gasteiger partial charge in [0.1, 0.15) is 0 Å². The summed E-state index contributed by atoms with van der Waals surface area (Å²) in [7, 11) is 0. The molecule has 5 heteroatoms. The largest absolute Gasteiger partial charge is 0.372 e. The van der Waals surface area contributed by atoms with Gasteiger partial charge in [0.2, 0.25) is 0 Å². The Morgan fingerprint density at radius 1 is 0.871 bits per heavy atom. The van der Waals surface area contributed by atoms with Crippen molar-refractivity contribution in [2.24, 2.45) is 5.10 Å². The molecule has 0 saturated carbocycles. The number of nitrogens with zero attached hydrogens (tertiary/aromatic N) is 1. The molecule has 1 aliphatic rings. The Balaban J connectivity index is 1.51. The molecule has 154 valence electrons. The monoisotopic (exact) mass is 409 g/mol. The molecule has 1 amide bonds. The van der Waals surface area contributed by atoms with Crippen molar-refractivity contribution < 1.29 is 9.90 Å². The summed E-state index contributed by atoms with van der Waals surface area (Å²) < 4.78 is 0. The molecular weight excluding hydrogens is 386 g/mol. The molecule has 0 aliphatic heterocycles. The van der Waals surface area contributed by atoms with Crippen LogP contribution >= 0.6 is 0 Å². The lowest BCUT2D eigenvalue weighted by atomic mass is 9.85. The first-order chi connectivity index (χ1) is 15.2. The van der Waals surface area contributed by atoms with Crippen LogP contribution in [0.3, 0.4) is 0 Å². The maximum Gasteiger partial charge on any atom is 0.281 e. The Labute approximate surface area is 180 Å². The summed E-state index contributed by atoms with van der Waals surface area (Å²) in [4.78, 5) is 16.8. The summed E-state index contributed by atoms with van der Waals surface area (Å²) >= 11 is 0. The van der Waals surface area contributed by atoms with Gasteiger partial charge in [-0.25, -0.2) is 5.43 Å². The number of hydrogen-bond donors (Lipinski definition) is 3. The number of hydrogen-bond acceptors (Lipinski definition) is 3. The summed E-state index contributed by atoms with van der Waals surface area (Å²) in [6.07, 6.45) is 2.70. The second-order valence-corrected chi connectivity index (χ2v) is 7.82. The summed E-state index contributed by atoms with van der Waals surface area (Å²) in [6, 6.07) is 26.1. The van der Waals surface area contributed by atoms with E-state index in [1.165, 1.54) is 10.9 Å². The number of H-pyrrole nitrogens is 1. The average molecular weight is 409 g/mol. The number of aromatic amines is 1. The molecule has 3 N–H and O–H groups in total. The smallest absolute Gasteiger partial charge is 0.281 e. The van der Waals surface area contributed by atoms with E-state index in [1.807, 2.05) is 30.3 Å². The van der Waals surface area contributed by atoms with Crippen molar-refractivity contribution in [3.8, 4) is 0 Å². The van der Waals surface area contributed by atoms with E-state index >= 15 is 0 Å². The van der Waals surface area contributed by atoms with Crippen LogP contribution in [0.15, 0.2) is 90.0 Å². The molecule has 1 heterocycles. The first kappa shape index (κ1) is 19.3. The number of amides is 1. The number of aryl methyl sites for hydroxylation is 1. The van der Waals surface area contributed by atoms with Crippen molar-refractivity contribution in [3.05, 3.63) is 107 Å². The second-order valence-electron chi connectivity index (χ2n) is 7.82. The van der Waals surface area contributed by atoms with Gasteiger partial charge >= 0.3 is 0 Å². The zero-order chi connectivity index (χ0) is 21.3. The Bertz CT molecular complexity index is 1220. The molecule has 0 saturated heterocycles. The van der Waals surface area contributed by atoms with Gasteiger partial charge in [0.05, 0.1) is 11.4 Å². The van der Waals surface area contributed by atoms with E-state index < -0.39 is 11.5 Å². The van der Waals surface area contributed by atoms with Gasteiger partial charge in [-0.3, -0.25) is 4.79 Å². The van der Waals surface area contributed by atoms with Crippen LogP contribution in [-0.4, -0.2) is 21.7 Å². The van der Waals surface area contributed by atoms with Crippen LogP contribution in [0.25, 0.3) is 10.9 Å². The predicted molar refractivity (Wildman–Crippen MR) is 122 cm³/mol. The maximum atomic E-state index is 13.3. The molecule has 1 aliphatic carbocycles. The molecule has 0 spiro atoms. The highest BCUT2D eigenvalue weighted by Gasteiger charge is 2.40. The summed E-state index contributed by atoms with van der Waals surface area (Å²) in [5, 5.41) is 17.2. The fourth-order valence-electron chi connectivity index (χ4n) is 4.36. The van der Waals surface area contributed by atoms with Gasteiger partial charge < -0.3 is 10.1 Å². The number of rotatable bonds is 4. The minimum absolute atomic E-state index is 0.494. The third-order valence-electron chi connectivity index (χ3n) is 5.95. The Morgan fingerprint density at radius 2 is 1.48 bits per heavy atom. The molecule has 1 aromatic heterocycles. The quantitative estimate of drug-likeness (QED) is 0.441. The standard InChI is InChI=1S/C26H23N3O2/c30-25(26(31,18-10-3-1-4-11-18)19-12-5-2-6-13-19)29-28-23-17-9-15-21-20-14-7-8-16-22(20)27-24(21)23/h1-8,10-14,16,27,31H,9,15,17H2,(H,29,30). The summed E-state index contributed by atoms with van der Waals surface area (Å²) in [5.74, 6) is -0.583. The molecule has 0 bridgehead atoms. The van der Waals surface area contributed by atoms with Gasteiger partial charge in [-0.05, 0) is 42.0 Å². The molecule has 0 radical (unpaired) electrons. The highest BCUT2D eigenvalue weighted by Crippen LogP contribution is 2.31. The minimum atomic E-state index is -1.84. The third-order valence-corrected chi connectivity index (χ3v) is 5.95. The Kier molecular flexibility index (Phi) is 4.88. The van der Waals surface area contributed by atoms with Gasteiger partial charge in [-0.1, -0.05) is 78.9 Å². The molecule has 3 aromatic carbocycles. The van der Waals surface area contributed by atoms with Gasteiger partial charge in [0.25, 0.3) is 5.91 Å². The van der Waals surface area contributed by atoms with Gasteiger partial charge in [-0.15, -0.1) is 0 Å². The zero-order valence-corrected chi connectivity index (χ0v) is 17.0. The van der Waals surface area contributed by atoms with E-state index in [1.54, 1.807) is 48.5 Å². The number of carbonyl (C=O) groups is 1. The highest BCUT2D eigenvalue weighted by atomic mass is 16.3. The summed E-state index contributed by atoms with van der Waals surface area (Å²) in [6.45, 7) is 0. The number of aliphatic hydroxyl groups is 1. The molecule has 0 atom stereocenters. The number of nitrogens with one attached hydrogen (secondary N) is 2. The van der Waals surface area contributed by atoms with Crippen LogP contribution in [0.1, 0.15) is 35.2 Å². The SMILES string of the molecule is O=C(NN=C1CCCc2c1[nH]c1ccccc21)C(O)(c1ccccc1)c1ccccc1. The minimum Gasteiger partial charge on any atom is -0.372 e. The lowest BCUT2D eigenvalue weighted by Crippen LogP contribution is -2.44. The van der Waals surface area contributed by atoms with Crippen LogP contribution in [0.4, 0.5) is 0 Å². The number of hydrazone groups is 1. The Hall–Kier alpha value is -3.70. The first-order valence-electron chi connectivity index (χ1n) is 10.5. The lowest BCUT2D eigenvalue weighted by Gasteiger charge is -2.27. The van der Waals surface area contributed by atoms with Crippen LogP contribution in [0, 0.1) is 0 Å². The normalized spacial score (nSPS) is 15.1. The van der Waals surface area contributed by atoms with Crippen molar-refractivity contribution in [2.75, 3.05) is 0 Å². The number of carbonyl (C=O) groups excluding carboxylic acids is 1. The highest BCUT2D eigenvalue weighted by molar-refractivity contribution is 6.07. The molecule has 0 unspecified atom stereocenters. The molecule has 5 nitrogen and oxygen atoms in total. The summed E-state index contributed by atoms with van der Waals surface area (Å²) in [5.41, 5.74) is 5.87. The third kappa shape index (κ3) is 3.33. The van der Waals surface area contributed by atoms with Crippen molar-refractivity contribution in [3.63, 3.8) is 0 Å². The van der Waals surface area contributed by atoms with Gasteiger partial charge in [0.15, 0.2) is 5.60 Å². The molecular formula is C26H23N3O2. The zero-order valence-electron chi connectivity index (χ0n) is 17.0. The molecule has 4 aromatic rings. The van der Waals surface area contributed by atoms with Crippen LogP contribution in [0.5, 0.6) is 0 Å². The lowest BCUT2D eigenvalue weighted by molar-refractivity contribution is -0.136. The van der Waals surface area contributed by atoms with Crippen molar-refractivity contribution in [2.45, 2.75) is 24.9 Å². The van der Waals surface area contributed by atoms with E-state index in [2.05, 4.69) is 21.6 Å². The van der Waals surface area contributed by atoms with Gasteiger partial charge in [-0.2, -0.15) is 5.10 Å². The van der Waals surface area contributed by atoms with Crippen LogP contribution in [-0.2, 0) is 16.8 Å². The molecule has 0 fully saturated rings. The number of aromatic nitrogens is 1. The van der Waals surface area contributed by atoms with E-state index in [0.717, 1.165) is 36.2 Å². The first-order valence-corrected chi connectivity index (χ1v) is 10.5. The van der Waals surface area contributed by atoms with E-state index in [9.17, 15) is 9.90 Å². The van der Waals surface area contributed by atoms with Crippen molar-refractivity contribution in [1.29, 1.82) is 0 Å². The van der Waals surface area contributed by atoms with E-state index in [4.69, 9.17) is 0 Å². The number of para-hydroxylation sites is 1.